The van der Waals surface area contributed by atoms with Crippen molar-refractivity contribution in [3.05, 3.63) is 115 Å². The van der Waals surface area contributed by atoms with Crippen LogP contribution in [0.3, 0.4) is 0 Å². The molecule has 165 valence electrons. The number of fused-ring (bicyclic) bond motifs is 7. The van der Waals surface area contributed by atoms with Gasteiger partial charge in [-0.1, -0.05) is 72.8 Å². The minimum Gasteiger partial charge on any atom is -0.537 e. The van der Waals surface area contributed by atoms with Gasteiger partial charge in [0, 0.05) is 39.0 Å². The molecule has 2 aromatic heterocycles. The molecule has 0 aliphatic heterocycles. The third-order valence-electron chi connectivity index (χ3n) is 6.75. The molecule has 7 aromatic rings. The molecule has 7 rings (SSSR count). The molecule has 0 fully saturated rings. The van der Waals surface area contributed by atoms with Gasteiger partial charge in [0.05, 0.1) is 22.1 Å². The highest BCUT2D eigenvalue weighted by Gasteiger charge is 2.23. The molecule has 0 aliphatic carbocycles. The smallest absolute Gasteiger partial charge is 0.537 e. The average molecular weight is 451 g/mol. The summed E-state index contributed by atoms with van der Waals surface area (Å²) in [5.74, 6) is 0.612. The van der Waals surface area contributed by atoms with E-state index in [0.717, 1.165) is 62.7 Å². The zero-order chi connectivity index (χ0) is 23.4. The molecule has 5 aromatic carbocycles. The van der Waals surface area contributed by atoms with Crippen molar-refractivity contribution in [3.8, 4) is 17.1 Å². The minimum atomic E-state index is 0.612. The van der Waals surface area contributed by atoms with E-state index in [1.165, 1.54) is 0 Å². The summed E-state index contributed by atoms with van der Waals surface area (Å²) in [7, 11) is 0.769. The molecule has 0 atom stereocenters. The molecule has 0 unspecified atom stereocenters. The Morgan fingerprint density at radius 3 is 1.69 bits per heavy atom. The molecule has 1 radical (unpaired) electrons. The zero-order valence-electron chi connectivity index (χ0n) is 18.8. The lowest BCUT2D eigenvalue weighted by Gasteiger charge is -2.12. The molecule has 1 N–H and O–H groups in total. The third kappa shape index (κ3) is 2.85. The maximum atomic E-state index is 9.71. The molecule has 0 amide bonds. The van der Waals surface area contributed by atoms with Crippen LogP contribution in [-0.4, -0.2) is 21.8 Å². The van der Waals surface area contributed by atoms with Crippen molar-refractivity contribution in [2.75, 3.05) is 0 Å². The first-order valence-corrected chi connectivity index (χ1v) is 11.6. The number of para-hydroxylation sites is 4. The highest BCUT2D eigenvalue weighted by atomic mass is 16.5. The summed E-state index contributed by atoms with van der Waals surface area (Å²) in [4.78, 5) is 0. The summed E-state index contributed by atoms with van der Waals surface area (Å²) in [6, 6.07) is 39.6. The normalized spacial score (nSPS) is 11.6. The van der Waals surface area contributed by atoms with E-state index >= 15 is 0 Å². The average Bonchev–Trinajstić information content (AvgIpc) is 3.43. The van der Waals surface area contributed by atoms with Gasteiger partial charge < -0.3 is 18.8 Å². The van der Waals surface area contributed by atoms with Gasteiger partial charge in [-0.15, -0.1) is 0 Å². The largest absolute Gasteiger partial charge is 0.569 e. The Balaban J connectivity index is 1.80. The molecule has 0 saturated carbocycles. The van der Waals surface area contributed by atoms with Crippen molar-refractivity contribution in [2.24, 2.45) is 0 Å². The Morgan fingerprint density at radius 1 is 0.543 bits per heavy atom. The van der Waals surface area contributed by atoms with Crippen molar-refractivity contribution >= 4 is 51.3 Å². The van der Waals surface area contributed by atoms with Crippen LogP contribution in [-0.2, 0) is 0 Å². The van der Waals surface area contributed by atoms with E-state index in [4.69, 9.17) is 4.65 Å². The van der Waals surface area contributed by atoms with E-state index in [-0.39, 0.29) is 0 Å². The summed E-state index contributed by atoms with van der Waals surface area (Å²) in [6.07, 6.45) is 0. The van der Waals surface area contributed by atoms with Gasteiger partial charge in [0.15, 0.2) is 0 Å². The third-order valence-corrected chi connectivity index (χ3v) is 6.75. The summed E-state index contributed by atoms with van der Waals surface area (Å²) in [5.41, 5.74) is 6.41. The number of rotatable bonds is 4. The van der Waals surface area contributed by atoms with E-state index in [9.17, 15) is 5.02 Å². The first-order chi connectivity index (χ1) is 17.4. The van der Waals surface area contributed by atoms with Crippen LogP contribution in [0.2, 0.25) is 0 Å². The van der Waals surface area contributed by atoms with Crippen LogP contribution in [0.1, 0.15) is 0 Å². The van der Waals surface area contributed by atoms with E-state index in [0.29, 0.717) is 5.75 Å². The fourth-order valence-electron chi connectivity index (χ4n) is 5.42. The maximum absolute atomic E-state index is 9.71. The molecule has 35 heavy (non-hydrogen) atoms. The lowest BCUT2D eigenvalue weighted by Crippen LogP contribution is -2.01. The standard InChI is InChI=1S/C30H20BN2O2/c34-31-35-27-19-26-28(22-15-7-9-17-24(22)32(26)20-11-3-1-4-12-20)30-29(27)23-16-8-10-18-25(23)33(30)21-13-5-2-6-14-21/h1-19,34H. The summed E-state index contributed by atoms with van der Waals surface area (Å²) in [5, 5.41) is 14.1. The molecular formula is C30H20BN2O2. The summed E-state index contributed by atoms with van der Waals surface area (Å²) >= 11 is 0. The van der Waals surface area contributed by atoms with Crippen LogP contribution >= 0.6 is 0 Å². The quantitative estimate of drug-likeness (QED) is 0.300. The number of nitrogens with zero attached hydrogens (tertiary/aromatic N) is 2. The van der Waals surface area contributed by atoms with Crippen molar-refractivity contribution in [1.29, 1.82) is 0 Å². The van der Waals surface area contributed by atoms with E-state index in [1.807, 2.05) is 36.4 Å². The first kappa shape index (κ1) is 19.9. The SMILES string of the molecule is O[B]Oc1cc2c(c3ccccc3n2-c2ccccc2)c2c1c1ccccc1n2-c1ccccc1. The molecule has 0 saturated heterocycles. The van der Waals surface area contributed by atoms with Crippen molar-refractivity contribution < 1.29 is 9.68 Å². The second-order valence-electron chi connectivity index (χ2n) is 8.59. The van der Waals surface area contributed by atoms with Gasteiger partial charge in [-0.05, 0) is 36.4 Å². The monoisotopic (exact) mass is 451 g/mol. The zero-order valence-corrected chi connectivity index (χ0v) is 18.8. The molecule has 4 nitrogen and oxygen atoms in total. The van der Waals surface area contributed by atoms with E-state index in [1.54, 1.807) is 0 Å². The highest BCUT2D eigenvalue weighted by Crippen LogP contribution is 2.45. The van der Waals surface area contributed by atoms with Crippen molar-refractivity contribution in [1.82, 2.24) is 9.13 Å². The van der Waals surface area contributed by atoms with Crippen LogP contribution < -0.4 is 4.65 Å². The Bertz CT molecular complexity index is 1850. The van der Waals surface area contributed by atoms with Gasteiger partial charge in [0.1, 0.15) is 5.75 Å². The number of hydrogen-bond donors (Lipinski definition) is 1. The predicted octanol–water partition coefficient (Wildman–Crippen LogP) is 6.79. The molecular weight excluding hydrogens is 431 g/mol. The number of benzene rings is 5. The maximum Gasteiger partial charge on any atom is 0.569 e. The lowest BCUT2D eigenvalue weighted by molar-refractivity contribution is 0.457. The van der Waals surface area contributed by atoms with Gasteiger partial charge in [-0.2, -0.15) is 0 Å². The summed E-state index contributed by atoms with van der Waals surface area (Å²) < 4.78 is 10.3. The van der Waals surface area contributed by atoms with Gasteiger partial charge in [-0.3, -0.25) is 0 Å². The number of aromatic nitrogens is 2. The molecule has 0 bridgehead atoms. The summed E-state index contributed by atoms with van der Waals surface area (Å²) in [6.45, 7) is 0. The van der Waals surface area contributed by atoms with Crippen molar-refractivity contribution in [3.63, 3.8) is 0 Å². The van der Waals surface area contributed by atoms with Crippen molar-refractivity contribution in [2.45, 2.75) is 0 Å². The number of hydrogen-bond acceptors (Lipinski definition) is 2. The van der Waals surface area contributed by atoms with Gasteiger partial charge >= 0.3 is 7.69 Å². The highest BCUT2D eigenvalue weighted by molar-refractivity contribution is 6.29. The second kappa shape index (κ2) is 7.79. The van der Waals surface area contributed by atoms with Gasteiger partial charge in [0.2, 0.25) is 0 Å². The topological polar surface area (TPSA) is 39.3 Å². The Kier molecular flexibility index (Phi) is 4.44. The van der Waals surface area contributed by atoms with Crippen LogP contribution in [0.4, 0.5) is 0 Å². The van der Waals surface area contributed by atoms with Crippen LogP contribution in [0, 0.1) is 0 Å². The minimum absolute atomic E-state index is 0.612. The predicted molar refractivity (Wildman–Crippen MR) is 144 cm³/mol. The Morgan fingerprint density at radius 2 is 1.06 bits per heavy atom. The fraction of sp³-hybridized carbons (Fsp3) is 0. The second-order valence-corrected chi connectivity index (χ2v) is 8.59. The van der Waals surface area contributed by atoms with E-state index in [2.05, 4.69) is 88.0 Å². The molecule has 2 heterocycles. The Labute approximate surface area is 202 Å². The van der Waals surface area contributed by atoms with Crippen LogP contribution in [0.5, 0.6) is 5.75 Å². The Hall–Kier alpha value is -4.48. The first-order valence-electron chi connectivity index (χ1n) is 11.6. The molecule has 5 heteroatoms. The van der Waals surface area contributed by atoms with Crippen LogP contribution in [0.25, 0.3) is 55.0 Å². The van der Waals surface area contributed by atoms with Crippen LogP contribution in [0.15, 0.2) is 115 Å². The van der Waals surface area contributed by atoms with E-state index < -0.39 is 0 Å². The fourth-order valence-corrected chi connectivity index (χ4v) is 5.42. The van der Waals surface area contributed by atoms with Gasteiger partial charge in [-0.25, -0.2) is 0 Å². The molecule has 0 spiro atoms. The van der Waals surface area contributed by atoms with Gasteiger partial charge in [0.25, 0.3) is 0 Å². The molecule has 0 aliphatic rings. The lowest BCUT2D eigenvalue weighted by atomic mass is 10.1.